The predicted octanol–water partition coefficient (Wildman–Crippen LogP) is 4.31. The molecule has 1 aliphatic rings. The Bertz CT molecular complexity index is 331. The van der Waals surface area contributed by atoms with E-state index < -0.39 is 0 Å². The van der Waals surface area contributed by atoms with Crippen LogP contribution in [0.2, 0.25) is 0 Å². The molecule has 3 atom stereocenters. The van der Waals surface area contributed by atoms with Crippen LogP contribution in [0.5, 0.6) is 0 Å². The van der Waals surface area contributed by atoms with Crippen LogP contribution in [-0.4, -0.2) is 5.11 Å². The Morgan fingerprint density at radius 1 is 1.44 bits per heavy atom. The Labute approximate surface area is 103 Å². The van der Waals surface area contributed by atoms with E-state index in [1.54, 1.807) is 11.3 Å². The van der Waals surface area contributed by atoms with E-state index in [1.165, 1.54) is 42.5 Å². The topological polar surface area (TPSA) is 20.2 Å². The fraction of sp³-hybridized carbons (Fsp3) is 0.714. The summed E-state index contributed by atoms with van der Waals surface area (Å²) >= 11 is 1.71. The molecule has 2 heteroatoms. The Kier molecular flexibility index (Phi) is 4.04. The molecule has 0 aromatic carbocycles. The van der Waals surface area contributed by atoms with E-state index >= 15 is 0 Å². The lowest BCUT2D eigenvalue weighted by molar-refractivity contribution is 0.0473. The first-order valence-electron chi connectivity index (χ1n) is 6.46. The van der Waals surface area contributed by atoms with E-state index in [0.717, 1.165) is 5.92 Å². The van der Waals surface area contributed by atoms with Crippen LogP contribution in [0.4, 0.5) is 0 Å². The molecule has 16 heavy (non-hydrogen) atoms. The molecule has 1 nitrogen and oxygen atoms in total. The number of aliphatic hydroxyl groups excluding tert-OH is 1. The summed E-state index contributed by atoms with van der Waals surface area (Å²) in [6.45, 7) is 4.37. The molecule has 0 spiro atoms. The van der Waals surface area contributed by atoms with Crippen LogP contribution in [-0.2, 0) is 0 Å². The Balaban J connectivity index is 2.13. The highest BCUT2D eigenvalue weighted by atomic mass is 32.1. The molecule has 1 aromatic rings. The van der Waals surface area contributed by atoms with Crippen LogP contribution in [0.15, 0.2) is 11.4 Å². The minimum atomic E-state index is -0.217. The fourth-order valence-electron chi connectivity index (χ4n) is 3.04. The Morgan fingerprint density at radius 3 is 2.81 bits per heavy atom. The fourth-order valence-corrected chi connectivity index (χ4v) is 4.03. The lowest BCUT2D eigenvalue weighted by Gasteiger charge is -2.34. The highest BCUT2D eigenvalue weighted by Crippen LogP contribution is 2.42. The standard InChI is InChI=1S/C14H22OS/c1-3-11-6-4-5-7-12(11)13(15)14-10(2)8-9-16-14/h8-9,11-13,15H,3-7H2,1-2H3. The zero-order chi connectivity index (χ0) is 11.5. The molecule has 1 fully saturated rings. The molecule has 1 aliphatic carbocycles. The molecule has 0 radical (unpaired) electrons. The number of hydrogen-bond acceptors (Lipinski definition) is 2. The average molecular weight is 238 g/mol. The second-order valence-corrected chi connectivity index (χ2v) is 5.98. The minimum absolute atomic E-state index is 0.217. The number of thiophene rings is 1. The van der Waals surface area contributed by atoms with Crippen molar-refractivity contribution in [3.63, 3.8) is 0 Å². The van der Waals surface area contributed by atoms with Gasteiger partial charge in [0.15, 0.2) is 0 Å². The van der Waals surface area contributed by atoms with E-state index in [9.17, 15) is 5.11 Å². The van der Waals surface area contributed by atoms with Gasteiger partial charge in [0, 0.05) is 4.88 Å². The van der Waals surface area contributed by atoms with Gasteiger partial charge in [0.25, 0.3) is 0 Å². The second kappa shape index (κ2) is 5.33. The molecular formula is C14H22OS. The molecule has 3 unspecified atom stereocenters. The van der Waals surface area contributed by atoms with Crippen LogP contribution in [0.25, 0.3) is 0 Å². The van der Waals surface area contributed by atoms with Crippen LogP contribution in [0, 0.1) is 18.8 Å². The summed E-state index contributed by atoms with van der Waals surface area (Å²) in [6.07, 6.45) is 6.16. The van der Waals surface area contributed by atoms with Crippen molar-refractivity contribution < 1.29 is 5.11 Å². The van der Waals surface area contributed by atoms with Gasteiger partial charge in [-0.25, -0.2) is 0 Å². The van der Waals surface area contributed by atoms with Crippen molar-refractivity contribution in [3.05, 3.63) is 21.9 Å². The van der Waals surface area contributed by atoms with Crippen molar-refractivity contribution in [1.82, 2.24) is 0 Å². The smallest absolute Gasteiger partial charge is 0.0915 e. The van der Waals surface area contributed by atoms with Gasteiger partial charge in [-0.1, -0.05) is 32.6 Å². The third kappa shape index (κ3) is 2.33. The van der Waals surface area contributed by atoms with Crippen LogP contribution >= 0.6 is 11.3 Å². The lowest BCUT2D eigenvalue weighted by atomic mass is 9.74. The van der Waals surface area contributed by atoms with E-state index in [-0.39, 0.29) is 6.10 Å². The molecule has 0 bridgehead atoms. The van der Waals surface area contributed by atoms with E-state index in [2.05, 4.69) is 25.3 Å². The van der Waals surface area contributed by atoms with Crippen molar-refractivity contribution >= 4 is 11.3 Å². The van der Waals surface area contributed by atoms with Gasteiger partial charge in [-0.15, -0.1) is 11.3 Å². The number of aryl methyl sites for hydroxylation is 1. The van der Waals surface area contributed by atoms with Gasteiger partial charge < -0.3 is 5.11 Å². The first-order chi connectivity index (χ1) is 7.74. The van der Waals surface area contributed by atoms with Gasteiger partial charge in [0.2, 0.25) is 0 Å². The van der Waals surface area contributed by atoms with Gasteiger partial charge in [0.1, 0.15) is 0 Å². The molecule has 0 aliphatic heterocycles. The maximum Gasteiger partial charge on any atom is 0.0915 e. The molecule has 2 rings (SSSR count). The van der Waals surface area contributed by atoms with Crippen molar-refractivity contribution in [3.8, 4) is 0 Å². The Morgan fingerprint density at radius 2 is 2.19 bits per heavy atom. The summed E-state index contributed by atoms with van der Waals surface area (Å²) < 4.78 is 0. The predicted molar refractivity (Wildman–Crippen MR) is 69.8 cm³/mol. The zero-order valence-electron chi connectivity index (χ0n) is 10.3. The summed E-state index contributed by atoms with van der Waals surface area (Å²) in [5, 5.41) is 12.6. The summed E-state index contributed by atoms with van der Waals surface area (Å²) in [7, 11) is 0. The summed E-state index contributed by atoms with van der Waals surface area (Å²) in [4.78, 5) is 1.20. The zero-order valence-corrected chi connectivity index (χ0v) is 11.1. The molecule has 1 saturated carbocycles. The number of rotatable bonds is 3. The van der Waals surface area contributed by atoms with Crippen molar-refractivity contribution in [2.75, 3.05) is 0 Å². The summed E-state index contributed by atoms with van der Waals surface area (Å²) in [6, 6.07) is 2.12. The van der Waals surface area contributed by atoms with Gasteiger partial charge >= 0.3 is 0 Å². The number of hydrogen-bond donors (Lipinski definition) is 1. The molecule has 0 saturated heterocycles. The molecule has 1 aromatic heterocycles. The van der Waals surface area contributed by atoms with Crippen molar-refractivity contribution in [2.45, 2.75) is 52.1 Å². The van der Waals surface area contributed by atoms with Crippen LogP contribution in [0.1, 0.15) is 55.6 Å². The summed E-state index contributed by atoms with van der Waals surface area (Å²) in [5.74, 6) is 1.22. The highest BCUT2D eigenvalue weighted by molar-refractivity contribution is 7.10. The molecule has 0 amide bonds. The van der Waals surface area contributed by atoms with Gasteiger partial charge in [-0.05, 0) is 42.2 Å². The lowest BCUT2D eigenvalue weighted by Crippen LogP contribution is -2.25. The normalized spacial score (nSPS) is 27.9. The third-order valence-corrected chi connectivity index (χ3v) is 5.16. The van der Waals surface area contributed by atoms with Gasteiger partial charge in [-0.2, -0.15) is 0 Å². The van der Waals surface area contributed by atoms with Gasteiger partial charge in [-0.3, -0.25) is 0 Å². The molecular weight excluding hydrogens is 216 g/mol. The Hall–Kier alpha value is -0.340. The maximum absolute atomic E-state index is 10.5. The van der Waals surface area contributed by atoms with E-state index in [0.29, 0.717) is 5.92 Å². The largest absolute Gasteiger partial charge is 0.387 e. The second-order valence-electron chi connectivity index (χ2n) is 5.03. The first-order valence-corrected chi connectivity index (χ1v) is 7.34. The monoisotopic (exact) mass is 238 g/mol. The quantitative estimate of drug-likeness (QED) is 0.832. The molecule has 1 heterocycles. The van der Waals surface area contributed by atoms with Crippen molar-refractivity contribution in [2.24, 2.45) is 11.8 Å². The number of aliphatic hydroxyl groups is 1. The van der Waals surface area contributed by atoms with Crippen LogP contribution < -0.4 is 0 Å². The summed E-state index contributed by atoms with van der Waals surface area (Å²) in [5.41, 5.74) is 1.26. The van der Waals surface area contributed by atoms with Crippen LogP contribution in [0.3, 0.4) is 0 Å². The molecule has 90 valence electrons. The average Bonchev–Trinajstić information content (AvgIpc) is 2.74. The van der Waals surface area contributed by atoms with E-state index in [1.807, 2.05) is 0 Å². The van der Waals surface area contributed by atoms with E-state index in [4.69, 9.17) is 0 Å². The SMILES string of the molecule is CCC1CCCCC1C(O)c1sccc1C. The van der Waals surface area contributed by atoms with Crippen molar-refractivity contribution in [1.29, 1.82) is 0 Å². The first kappa shape index (κ1) is 12.1. The minimum Gasteiger partial charge on any atom is -0.387 e. The maximum atomic E-state index is 10.5. The highest BCUT2D eigenvalue weighted by Gasteiger charge is 2.31. The molecule has 1 N–H and O–H groups in total. The third-order valence-electron chi connectivity index (χ3n) is 4.07. The van der Waals surface area contributed by atoms with Gasteiger partial charge in [0.05, 0.1) is 6.10 Å².